The number of hydrogen-bond donors (Lipinski definition) is 1. The largest absolute Gasteiger partial charge is 0.272 e. The Morgan fingerprint density at radius 2 is 2.30 bits per heavy atom. The minimum absolute atomic E-state index is 0.211. The number of rotatable bonds is 2. The van der Waals surface area contributed by atoms with Gasteiger partial charge in [-0.1, -0.05) is 20.3 Å². The second kappa shape index (κ2) is 3.91. The first-order valence-corrected chi connectivity index (χ1v) is 3.11. The first-order valence-electron chi connectivity index (χ1n) is 3.11. The van der Waals surface area contributed by atoms with Gasteiger partial charge in [-0.05, 0) is 5.92 Å². The van der Waals surface area contributed by atoms with Gasteiger partial charge in [0.2, 0.25) is 5.91 Å². The van der Waals surface area contributed by atoms with E-state index in [9.17, 15) is 4.79 Å². The fraction of sp³-hybridized carbons (Fsp3) is 0.571. The highest BCUT2D eigenvalue weighted by atomic mass is 16.2. The van der Waals surface area contributed by atoms with E-state index >= 15 is 0 Å². The molecule has 10 heavy (non-hydrogen) atoms. The molecule has 0 fully saturated rings. The van der Waals surface area contributed by atoms with E-state index in [1.807, 2.05) is 19.9 Å². The summed E-state index contributed by atoms with van der Waals surface area (Å²) >= 11 is 0. The van der Waals surface area contributed by atoms with Gasteiger partial charge in [0, 0.05) is 12.5 Å². The molecule has 3 nitrogen and oxygen atoms in total. The van der Waals surface area contributed by atoms with E-state index in [-0.39, 0.29) is 5.91 Å². The number of carbonyl (C=O) groups excluding carboxylic acids is 1. The fourth-order valence-corrected chi connectivity index (χ4v) is 0.520. The van der Waals surface area contributed by atoms with Crippen LogP contribution in [0.5, 0.6) is 0 Å². The molecule has 0 aliphatic heterocycles. The van der Waals surface area contributed by atoms with E-state index < -0.39 is 0 Å². The minimum atomic E-state index is -0.211. The summed E-state index contributed by atoms with van der Waals surface area (Å²) in [6, 6.07) is 2.03. The summed E-state index contributed by atoms with van der Waals surface area (Å²) in [5.74, 6) is 5.20. The predicted molar refractivity (Wildman–Crippen MR) is 39.3 cm³/mol. The van der Waals surface area contributed by atoms with E-state index in [1.54, 1.807) is 0 Å². The highest BCUT2D eigenvalue weighted by Crippen LogP contribution is 2.00. The number of nitrogens with zero attached hydrogens (tertiary/aromatic N) is 1. The molecule has 0 saturated carbocycles. The smallest absolute Gasteiger partial charge is 0.248 e. The molecule has 0 radical (unpaired) electrons. The maximum Gasteiger partial charge on any atom is 0.248 e. The van der Waals surface area contributed by atoms with Crippen molar-refractivity contribution in [3.8, 4) is 12.5 Å². The molecule has 0 aromatic heterocycles. The lowest BCUT2D eigenvalue weighted by atomic mass is 10.1. The lowest BCUT2D eigenvalue weighted by molar-refractivity contribution is -0.129. The van der Waals surface area contributed by atoms with Crippen molar-refractivity contribution in [1.82, 2.24) is 5.01 Å². The molecular formula is C7H12N2O. The van der Waals surface area contributed by atoms with Crippen molar-refractivity contribution in [3.05, 3.63) is 0 Å². The molecule has 0 aromatic rings. The first-order chi connectivity index (χ1) is 4.57. The molecule has 0 aromatic carbocycles. The van der Waals surface area contributed by atoms with Crippen LogP contribution in [0, 0.1) is 18.4 Å². The molecule has 0 spiro atoms. The van der Waals surface area contributed by atoms with Gasteiger partial charge in [-0.2, -0.15) is 0 Å². The summed E-state index contributed by atoms with van der Waals surface area (Å²) in [5, 5.41) is 0.778. The topological polar surface area (TPSA) is 46.3 Å². The molecule has 0 aliphatic carbocycles. The normalized spacial score (nSPS) is 9.10. The van der Waals surface area contributed by atoms with Crippen molar-refractivity contribution < 1.29 is 4.79 Å². The molecule has 2 N–H and O–H groups in total. The van der Waals surface area contributed by atoms with Crippen LogP contribution in [0.15, 0.2) is 0 Å². The van der Waals surface area contributed by atoms with Crippen molar-refractivity contribution in [2.45, 2.75) is 20.3 Å². The van der Waals surface area contributed by atoms with Gasteiger partial charge >= 0.3 is 0 Å². The minimum Gasteiger partial charge on any atom is -0.272 e. The van der Waals surface area contributed by atoms with Crippen LogP contribution in [0.25, 0.3) is 0 Å². The number of hydrazine groups is 1. The molecule has 0 bridgehead atoms. The maximum absolute atomic E-state index is 10.8. The lowest BCUT2D eigenvalue weighted by Crippen LogP contribution is -2.33. The second-order valence-electron chi connectivity index (χ2n) is 2.49. The number of amides is 1. The van der Waals surface area contributed by atoms with Gasteiger partial charge in [-0.3, -0.25) is 4.79 Å². The van der Waals surface area contributed by atoms with Gasteiger partial charge in [0.05, 0.1) is 0 Å². The summed E-state index contributed by atoms with van der Waals surface area (Å²) in [6.45, 7) is 3.87. The van der Waals surface area contributed by atoms with Crippen LogP contribution in [-0.2, 0) is 4.79 Å². The third-order valence-corrected chi connectivity index (χ3v) is 0.991. The molecule has 0 saturated heterocycles. The lowest BCUT2D eigenvalue weighted by Gasteiger charge is -2.08. The first kappa shape index (κ1) is 8.99. The zero-order chi connectivity index (χ0) is 8.15. The average Bonchev–Trinajstić information content (AvgIpc) is 1.85. The van der Waals surface area contributed by atoms with Crippen LogP contribution in [0.2, 0.25) is 0 Å². The van der Waals surface area contributed by atoms with Crippen LogP contribution in [0.3, 0.4) is 0 Å². The van der Waals surface area contributed by atoms with Crippen LogP contribution < -0.4 is 5.84 Å². The van der Waals surface area contributed by atoms with Crippen molar-refractivity contribution in [3.63, 3.8) is 0 Å². The molecule has 0 atom stereocenters. The van der Waals surface area contributed by atoms with Crippen LogP contribution >= 0.6 is 0 Å². The van der Waals surface area contributed by atoms with Crippen LogP contribution in [0.4, 0.5) is 0 Å². The Bertz CT molecular complexity index is 157. The van der Waals surface area contributed by atoms with Crippen LogP contribution in [-0.4, -0.2) is 10.9 Å². The Labute approximate surface area is 61.2 Å². The molecule has 1 amide bonds. The van der Waals surface area contributed by atoms with Gasteiger partial charge in [-0.25, -0.2) is 10.9 Å². The van der Waals surface area contributed by atoms with Crippen molar-refractivity contribution >= 4 is 5.91 Å². The number of nitrogens with two attached hydrogens (primary N) is 1. The quantitative estimate of drug-likeness (QED) is 0.197. The Balaban J connectivity index is 3.76. The molecule has 0 rings (SSSR count). The van der Waals surface area contributed by atoms with E-state index in [0.29, 0.717) is 12.3 Å². The van der Waals surface area contributed by atoms with Gasteiger partial charge in [-0.15, -0.1) is 0 Å². The summed E-state index contributed by atoms with van der Waals surface area (Å²) in [5.41, 5.74) is 0. The summed E-state index contributed by atoms with van der Waals surface area (Å²) < 4.78 is 0. The summed E-state index contributed by atoms with van der Waals surface area (Å²) in [7, 11) is 0. The number of terminal acetylenes is 1. The zero-order valence-electron chi connectivity index (χ0n) is 6.29. The molecule has 3 heteroatoms. The Morgan fingerprint density at radius 3 is 2.60 bits per heavy atom. The van der Waals surface area contributed by atoms with E-state index in [1.165, 1.54) is 0 Å². The number of carbonyl (C=O) groups is 1. The predicted octanol–water partition coefficient (Wildman–Crippen LogP) is 0.325. The average molecular weight is 140 g/mol. The highest BCUT2D eigenvalue weighted by molar-refractivity contribution is 5.77. The SMILES string of the molecule is C#CN(N)C(=O)CC(C)C. The van der Waals surface area contributed by atoms with E-state index in [4.69, 9.17) is 12.3 Å². The Hall–Kier alpha value is -1.01. The van der Waals surface area contributed by atoms with Gasteiger partial charge in [0.1, 0.15) is 0 Å². The van der Waals surface area contributed by atoms with Crippen molar-refractivity contribution in [1.29, 1.82) is 0 Å². The molecule has 0 unspecified atom stereocenters. The summed E-state index contributed by atoms with van der Waals surface area (Å²) in [6.07, 6.45) is 5.28. The molecular weight excluding hydrogens is 128 g/mol. The standard InChI is InChI=1S/C7H12N2O/c1-4-9(8)7(10)5-6(2)3/h1,6H,5,8H2,2-3H3. The summed E-state index contributed by atoms with van der Waals surface area (Å²) in [4.78, 5) is 10.8. The Kier molecular flexibility index (Phi) is 3.52. The Morgan fingerprint density at radius 1 is 1.80 bits per heavy atom. The maximum atomic E-state index is 10.8. The second-order valence-corrected chi connectivity index (χ2v) is 2.49. The van der Waals surface area contributed by atoms with E-state index in [2.05, 4.69) is 0 Å². The highest BCUT2D eigenvalue weighted by Gasteiger charge is 2.07. The molecule has 0 heterocycles. The zero-order valence-corrected chi connectivity index (χ0v) is 6.29. The third kappa shape index (κ3) is 3.10. The van der Waals surface area contributed by atoms with Gasteiger partial charge < -0.3 is 0 Å². The molecule has 0 aliphatic rings. The van der Waals surface area contributed by atoms with Gasteiger partial charge in [0.15, 0.2) is 0 Å². The third-order valence-electron chi connectivity index (χ3n) is 0.991. The van der Waals surface area contributed by atoms with Crippen molar-refractivity contribution in [2.24, 2.45) is 11.8 Å². The number of hydrogen-bond acceptors (Lipinski definition) is 2. The van der Waals surface area contributed by atoms with E-state index in [0.717, 1.165) is 5.01 Å². The van der Waals surface area contributed by atoms with Crippen molar-refractivity contribution in [2.75, 3.05) is 0 Å². The van der Waals surface area contributed by atoms with Crippen LogP contribution in [0.1, 0.15) is 20.3 Å². The molecule has 56 valence electrons. The van der Waals surface area contributed by atoms with Gasteiger partial charge in [0.25, 0.3) is 0 Å². The monoisotopic (exact) mass is 140 g/mol. The fourth-order valence-electron chi connectivity index (χ4n) is 0.520.